The molecule has 0 amide bonds. The number of nitro benzene ring substituents is 1. The van der Waals surface area contributed by atoms with Crippen LogP contribution in [0.1, 0.15) is 20.3 Å². The van der Waals surface area contributed by atoms with Crippen LogP contribution in [0, 0.1) is 22.0 Å². The van der Waals surface area contributed by atoms with Crippen LogP contribution in [0.4, 0.5) is 11.4 Å². The number of halogens is 2. The third-order valence-electron chi connectivity index (χ3n) is 3.40. The fourth-order valence-corrected chi connectivity index (χ4v) is 4.47. The molecule has 0 aromatic heterocycles. The van der Waals surface area contributed by atoms with Crippen LogP contribution < -0.4 is 4.90 Å². The van der Waals surface area contributed by atoms with Crippen molar-refractivity contribution in [3.63, 3.8) is 0 Å². The summed E-state index contributed by atoms with van der Waals surface area (Å²) in [5.41, 5.74) is 1.12. The number of nitro groups is 1. The van der Waals surface area contributed by atoms with E-state index in [9.17, 15) is 10.1 Å². The van der Waals surface area contributed by atoms with Gasteiger partial charge in [0.05, 0.1) is 10.6 Å². The maximum absolute atomic E-state index is 10.8. The lowest BCUT2D eigenvalue weighted by atomic mass is 9.91. The van der Waals surface area contributed by atoms with Crippen molar-refractivity contribution in [2.24, 2.45) is 11.8 Å². The molecule has 0 unspecified atom stereocenters. The van der Waals surface area contributed by atoms with Crippen molar-refractivity contribution >= 4 is 43.2 Å². The van der Waals surface area contributed by atoms with E-state index in [1.807, 2.05) is 0 Å². The molecule has 2 atom stereocenters. The Kier molecular flexibility index (Phi) is 4.50. The Labute approximate surface area is 129 Å². The molecule has 1 heterocycles. The van der Waals surface area contributed by atoms with Gasteiger partial charge in [0.2, 0.25) is 0 Å². The van der Waals surface area contributed by atoms with Crippen molar-refractivity contribution in [1.82, 2.24) is 0 Å². The Balaban J connectivity index is 2.37. The van der Waals surface area contributed by atoms with Crippen molar-refractivity contribution in [2.45, 2.75) is 20.3 Å². The van der Waals surface area contributed by atoms with Crippen molar-refractivity contribution in [2.75, 3.05) is 18.0 Å². The minimum atomic E-state index is -0.374. The smallest absolute Gasteiger partial charge is 0.271 e. The van der Waals surface area contributed by atoms with E-state index in [1.165, 1.54) is 6.42 Å². The predicted octanol–water partition coefficient (Wildman–Crippen LogP) is 4.60. The first kappa shape index (κ1) is 14.8. The van der Waals surface area contributed by atoms with Gasteiger partial charge in [0.1, 0.15) is 0 Å². The number of benzene rings is 1. The molecule has 1 fully saturated rings. The zero-order chi connectivity index (χ0) is 14.2. The monoisotopic (exact) mass is 390 g/mol. The van der Waals surface area contributed by atoms with Gasteiger partial charge in [-0.25, -0.2) is 0 Å². The molecule has 1 aromatic carbocycles. The molecule has 6 heteroatoms. The number of nitrogens with zero attached hydrogens (tertiary/aromatic N) is 2. The molecule has 0 saturated carbocycles. The van der Waals surface area contributed by atoms with Gasteiger partial charge < -0.3 is 4.90 Å². The van der Waals surface area contributed by atoms with Gasteiger partial charge in [-0.1, -0.05) is 13.8 Å². The van der Waals surface area contributed by atoms with Gasteiger partial charge in [-0.2, -0.15) is 0 Å². The molecule has 0 N–H and O–H groups in total. The van der Waals surface area contributed by atoms with Gasteiger partial charge in [-0.15, -0.1) is 0 Å². The second kappa shape index (κ2) is 5.79. The molecule has 1 aliphatic heterocycles. The van der Waals surface area contributed by atoms with Crippen LogP contribution in [0.15, 0.2) is 21.1 Å². The minimum absolute atomic E-state index is 0.0978. The molecule has 0 bridgehead atoms. The summed E-state index contributed by atoms with van der Waals surface area (Å²) < 4.78 is 1.55. The van der Waals surface area contributed by atoms with Gasteiger partial charge >= 0.3 is 0 Å². The summed E-state index contributed by atoms with van der Waals surface area (Å²) in [4.78, 5) is 12.8. The third-order valence-corrected chi connectivity index (χ3v) is 4.61. The van der Waals surface area contributed by atoms with Crippen LogP contribution in [-0.2, 0) is 0 Å². The number of anilines is 1. The summed E-state index contributed by atoms with van der Waals surface area (Å²) in [6.07, 6.45) is 1.23. The van der Waals surface area contributed by atoms with Crippen LogP contribution in [0.25, 0.3) is 0 Å². The summed E-state index contributed by atoms with van der Waals surface area (Å²) >= 11 is 6.93. The minimum Gasteiger partial charge on any atom is -0.369 e. The van der Waals surface area contributed by atoms with E-state index in [2.05, 4.69) is 50.6 Å². The second-order valence-electron chi connectivity index (χ2n) is 5.37. The maximum atomic E-state index is 10.8. The standard InChI is InChI=1S/C13H16Br2N2O2/c1-8-3-9(2)7-16(6-8)13-11(14)4-10(17(18)19)5-12(13)15/h4-5,8-9H,3,6-7H2,1-2H3/t8-,9-/m1/s1. The molecule has 4 nitrogen and oxygen atoms in total. The molecule has 1 saturated heterocycles. The number of rotatable bonds is 2. The molecular weight excluding hydrogens is 376 g/mol. The van der Waals surface area contributed by atoms with Gasteiger partial charge in [0.15, 0.2) is 0 Å². The van der Waals surface area contributed by atoms with E-state index < -0.39 is 0 Å². The summed E-state index contributed by atoms with van der Waals surface area (Å²) in [5.74, 6) is 1.27. The molecule has 1 aliphatic rings. The highest BCUT2D eigenvalue weighted by Gasteiger charge is 2.26. The number of hydrogen-bond acceptors (Lipinski definition) is 3. The Morgan fingerprint density at radius 3 is 2.11 bits per heavy atom. The summed E-state index contributed by atoms with van der Waals surface area (Å²) in [6, 6.07) is 3.15. The topological polar surface area (TPSA) is 46.4 Å². The van der Waals surface area contributed by atoms with Gasteiger partial charge in [0, 0.05) is 34.2 Å². The molecule has 104 valence electrons. The van der Waals surface area contributed by atoms with Crippen molar-refractivity contribution < 1.29 is 4.92 Å². The Morgan fingerprint density at radius 2 is 1.68 bits per heavy atom. The average molecular weight is 392 g/mol. The third kappa shape index (κ3) is 3.28. The van der Waals surface area contributed by atoms with Crippen molar-refractivity contribution in [1.29, 1.82) is 0 Å². The molecule has 19 heavy (non-hydrogen) atoms. The maximum Gasteiger partial charge on any atom is 0.271 e. The lowest BCUT2D eigenvalue weighted by Gasteiger charge is -2.37. The largest absolute Gasteiger partial charge is 0.369 e. The number of piperidine rings is 1. The van der Waals surface area contributed by atoms with E-state index in [1.54, 1.807) is 12.1 Å². The van der Waals surface area contributed by atoms with E-state index in [0.717, 1.165) is 27.7 Å². The van der Waals surface area contributed by atoms with Gasteiger partial charge in [0.25, 0.3) is 5.69 Å². The normalized spacial score (nSPS) is 23.5. The SMILES string of the molecule is C[C@@H]1C[C@@H](C)CN(c2c(Br)cc([N+](=O)[O-])cc2Br)C1. The Bertz CT molecular complexity index is 474. The first-order valence-electron chi connectivity index (χ1n) is 6.27. The lowest BCUT2D eigenvalue weighted by Crippen LogP contribution is -2.39. The first-order chi connectivity index (χ1) is 8.88. The zero-order valence-electron chi connectivity index (χ0n) is 10.9. The van der Waals surface area contributed by atoms with Crippen molar-refractivity contribution in [3.8, 4) is 0 Å². The molecule has 0 radical (unpaired) electrons. The molecule has 1 aromatic rings. The summed E-state index contributed by atoms with van der Waals surface area (Å²) in [7, 11) is 0. The average Bonchev–Trinajstić information content (AvgIpc) is 2.26. The van der Waals surface area contributed by atoms with Gasteiger partial charge in [-0.05, 0) is 50.1 Å². The van der Waals surface area contributed by atoms with Crippen molar-refractivity contribution in [3.05, 3.63) is 31.2 Å². The molecule has 2 rings (SSSR count). The molecule has 0 spiro atoms. The summed E-state index contributed by atoms with van der Waals surface area (Å²) in [6.45, 7) is 6.46. The van der Waals surface area contributed by atoms with Crippen LogP contribution in [0.2, 0.25) is 0 Å². The van der Waals surface area contributed by atoms with E-state index in [0.29, 0.717) is 11.8 Å². The number of hydrogen-bond donors (Lipinski definition) is 0. The first-order valence-corrected chi connectivity index (χ1v) is 7.85. The highest BCUT2D eigenvalue weighted by atomic mass is 79.9. The quantitative estimate of drug-likeness (QED) is 0.546. The fourth-order valence-electron chi connectivity index (χ4n) is 2.81. The van der Waals surface area contributed by atoms with Crippen LogP contribution in [-0.4, -0.2) is 18.0 Å². The fraction of sp³-hybridized carbons (Fsp3) is 0.538. The zero-order valence-corrected chi connectivity index (χ0v) is 14.1. The van der Waals surface area contributed by atoms with E-state index >= 15 is 0 Å². The second-order valence-corrected chi connectivity index (χ2v) is 7.07. The molecule has 0 aliphatic carbocycles. The van der Waals surface area contributed by atoms with Gasteiger partial charge in [-0.3, -0.25) is 10.1 Å². The van der Waals surface area contributed by atoms with Crippen LogP contribution >= 0.6 is 31.9 Å². The van der Waals surface area contributed by atoms with E-state index in [4.69, 9.17) is 0 Å². The number of non-ortho nitro benzene ring substituents is 1. The predicted molar refractivity (Wildman–Crippen MR) is 83.7 cm³/mol. The Morgan fingerprint density at radius 1 is 1.21 bits per heavy atom. The summed E-state index contributed by atoms with van der Waals surface area (Å²) in [5, 5.41) is 10.8. The highest BCUT2D eigenvalue weighted by molar-refractivity contribution is 9.11. The van der Waals surface area contributed by atoms with Crippen LogP contribution in [0.3, 0.4) is 0 Å². The molecular formula is C13H16Br2N2O2. The highest BCUT2D eigenvalue weighted by Crippen LogP contribution is 2.40. The van der Waals surface area contributed by atoms with Crippen LogP contribution in [0.5, 0.6) is 0 Å². The van der Waals surface area contributed by atoms with E-state index in [-0.39, 0.29) is 10.6 Å². The lowest BCUT2D eigenvalue weighted by molar-refractivity contribution is -0.385. The Hall–Kier alpha value is -0.620.